The first kappa shape index (κ1) is 13.0. The molecule has 1 aromatic heterocycles. The molecule has 1 fully saturated rings. The van der Waals surface area contributed by atoms with E-state index in [1.54, 1.807) is 13.1 Å². The Morgan fingerprint density at radius 2 is 2.28 bits per heavy atom. The SMILES string of the molecule is Cc1cn(CC(O)CC2CCCC2)nc1[N+](=O)[O-]. The van der Waals surface area contributed by atoms with Crippen LogP contribution in [0.4, 0.5) is 5.82 Å². The maximum atomic E-state index is 10.7. The Kier molecular flexibility index (Phi) is 3.96. The van der Waals surface area contributed by atoms with Crippen LogP contribution >= 0.6 is 0 Å². The zero-order valence-electron chi connectivity index (χ0n) is 10.6. The Morgan fingerprint density at radius 3 is 2.83 bits per heavy atom. The third-order valence-corrected chi connectivity index (χ3v) is 3.57. The summed E-state index contributed by atoms with van der Waals surface area (Å²) in [6.07, 6.45) is 6.81. The molecule has 0 amide bonds. The number of rotatable bonds is 5. The molecule has 1 aromatic rings. The van der Waals surface area contributed by atoms with Gasteiger partial charge in [-0.1, -0.05) is 25.7 Å². The van der Waals surface area contributed by atoms with Crippen LogP contribution in [0.5, 0.6) is 0 Å². The van der Waals surface area contributed by atoms with E-state index in [0.717, 1.165) is 6.42 Å². The van der Waals surface area contributed by atoms with Crippen LogP contribution < -0.4 is 0 Å². The van der Waals surface area contributed by atoms with E-state index in [9.17, 15) is 15.2 Å². The lowest BCUT2D eigenvalue weighted by atomic mass is 10.0. The second-order valence-corrected chi connectivity index (χ2v) is 5.15. The molecule has 2 rings (SSSR count). The highest BCUT2D eigenvalue weighted by molar-refractivity contribution is 5.27. The average molecular weight is 253 g/mol. The van der Waals surface area contributed by atoms with Crippen molar-refractivity contribution in [2.24, 2.45) is 5.92 Å². The largest absolute Gasteiger partial charge is 0.392 e. The van der Waals surface area contributed by atoms with Gasteiger partial charge in [0.05, 0.1) is 29.5 Å². The Labute approximate surface area is 106 Å². The molecule has 1 N–H and O–H groups in total. The molecule has 18 heavy (non-hydrogen) atoms. The Bertz CT molecular complexity index is 424. The lowest BCUT2D eigenvalue weighted by Gasteiger charge is -2.13. The first-order chi connectivity index (χ1) is 8.56. The first-order valence-electron chi connectivity index (χ1n) is 6.42. The summed E-state index contributed by atoms with van der Waals surface area (Å²) in [7, 11) is 0. The van der Waals surface area contributed by atoms with Gasteiger partial charge in [-0.05, 0) is 24.2 Å². The summed E-state index contributed by atoms with van der Waals surface area (Å²) in [6.45, 7) is 2.00. The van der Waals surface area contributed by atoms with Crippen LogP contribution in [0, 0.1) is 23.0 Å². The van der Waals surface area contributed by atoms with Gasteiger partial charge in [-0.2, -0.15) is 4.68 Å². The third-order valence-electron chi connectivity index (χ3n) is 3.57. The molecule has 0 saturated heterocycles. The number of aliphatic hydroxyl groups excluding tert-OH is 1. The summed E-state index contributed by atoms with van der Waals surface area (Å²) in [5.74, 6) is 0.481. The molecule has 1 aliphatic rings. The molecule has 1 unspecified atom stereocenters. The molecule has 1 aliphatic carbocycles. The van der Waals surface area contributed by atoms with Crippen LogP contribution in [0.15, 0.2) is 6.20 Å². The maximum Gasteiger partial charge on any atom is 0.392 e. The summed E-state index contributed by atoms with van der Waals surface area (Å²) < 4.78 is 1.48. The van der Waals surface area contributed by atoms with Gasteiger partial charge < -0.3 is 15.2 Å². The quantitative estimate of drug-likeness (QED) is 0.643. The van der Waals surface area contributed by atoms with E-state index in [1.165, 1.54) is 30.4 Å². The summed E-state index contributed by atoms with van der Waals surface area (Å²) >= 11 is 0. The number of nitrogens with zero attached hydrogens (tertiary/aromatic N) is 3. The Balaban J connectivity index is 1.91. The fourth-order valence-electron chi connectivity index (χ4n) is 2.71. The van der Waals surface area contributed by atoms with Gasteiger partial charge >= 0.3 is 5.82 Å². The molecule has 1 atom stereocenters. The predicted octanol–water partition coefficient (Wildman–Crippen LogP) is 2.04. The van der Waals surface area contributed by atoms with Crippen molar-refractivity contribution in [1.29, 1.82) is 0 Å². The van der Waals surface area contributed by atoms with Crippen LogP contribution in [-0.2, 0) is 6.54 Å². The van der Waals surface area contributed by atoms with Crippen LogP contribution in [-0.4, -0.2) is 25.9 Å². The summed E-state index contributed by atoms with van der Waals surface area (Å²) in [5, 5.41) is 24.5. The van der Waals surface area contributed by atoms with Gasteiger partial charge in [-0.25, -0.2) is 0 Å². The Morgan fingerprint density at radius 1 is 1.61 bits per heavy atom. The van der Waals surface area contributed by atoms with Crippen LogP contribution in [0.3, 0.4) is 0 Å². The molecule has 1 heterocycles. The van der Waals surface area contributed by atoms with Gasteiger partial charge in [0.15, 0.2) is 0 Å². The van der Waals surface area contributed by atoms with E-state index >= 15 is 0 Å². The topological polar surface area (TPSA) is 81.2 Å². The molecule has 0 aliphatic heterocycles. The van der Waals surface area contributed by atoms with E-state index < -0.39 is 11.0 Å². The highest BCUT2D eigenvalue weighted by Crippen LogP contribution is 2.28. The summed E-state index contributed by atoms with van der Waals surface area (Å²) in [6, 6.07) is 0. The van der Waals surface area contributed by atoms with E-state index in [4.69, 9.17) is 0 Å². The predicted molar refractivity (Wildman–Crippen MR) is 66.2 cm³/mol. The smallest absolute Gasteiger partial charge is 0.391 e. The monoisotopic (exact) mass is 253 g/mol. The van der Waals surface area contributed by atoms with Crippen LogP contribution in [0.25, 0.3) is 0 Å². The van der Waals surface area contributed by atoms with Gasteiger partial charge in [-0.3, -0.25) is 0 Å². The van der Waals surface area contributed by atoms with E-state index in [0.29, 0.717) is 18.0 Å². The van der Waals surface area contributed by atoms with Crippen molar-refractivity contribution in [3.05, 3.63) is 21.9 Å². The molecule has 6 nitrogen and oxygen atoms in total. The van der Waals surface area contributed by atoms with Crippen molar-refractivity contribution in [1.82, 2.24) is 9.78 Å². The minimum atomic E-state index is -0.491. The van der Waals surface area contributed by atoms with Crippen LogP contribution in [0.1, 0.15) is 37.7 Å². The lowest BCUT2D eigenvalue weighted by molar-refractivity contribution is -0.390. The van der Waals surface area contributed by atoms with Gasteiger partial charge in [0, 0.05) is 0 Å². The highest BCUT2D eigenvalue weighted by atomic mass is 16.6. The lowest BCUT2D eigenvalue weighted by Crippen LogP contribution is -2.19. The fourth-order valence-corrected chi connectivity index (χ4v) is 2.71. The van der Waals surface area contributed by atoms with Crippen LogP contribution in [0.2, 0.25) is 0 Å². The van der Waals surface area contributed by atoms with Crippen molar-refractivity contribution in [3.8, 4) is 0 Å². The van der Waals surface area contributed by atoms with E-state index in [1.807, 2.05) is 0 Å². The van der Waals surface area contributed by atoms with Crippen molar-refractivity contribution in [2.75, 3.05) is 0 Å². The second kappa shape index (κ2) is 5.48. The van der Waals surface area contributed by atoms with Gasteiger partial charge in [0.1, 0.15) is 0 Å². The molecule has 0 aromatic carbocycles. The van der Waals surface area contributed by atoms with E-state index in [2.05, 4.69) is 5.10 Å². The Hall–Kier alpha value is -1.43. The summed E-state index contributed by atoms with van der Waals surface area (Å²) in [4.78, 5) is 10.2. The number of aliphatic hydroxyl groups is 1. The number of hydrogen-bond acceptors (Lipinski definition) is 4. The fraction of sp³-hybridized carbons (Fsp3) is 0.750. The van der Waals surface area contributed by atoms with Gasteiger partial charge in [-0.15, -0.1) is 0 Å². The minimum Gasteiger partial charge on any atom is -0.391 e. The molecular weight excluding hydrogens is 234 g/mol. The second-order valence-electron chi connectivity index (χ2n) is 5.15. The molecular formula is C12H19N3O3. The number of nitro groups is 1. The first-order valence-corrected chi connectivity index (χ1v) is 6.42. The van der Waals surface area contributed by atoms with Crippen molar-refractivity contribution in [3.63, 3.8) is 0 Å². The average Bonchev–Trinajstić information content (AvgIpc) is 2.88. The summed E-state index contributed by atoms with van der Waals surface area (Å²) in [5.41, 5.74) is 0.535. The number of aromatic nitrogens is 2. The third kappa shape index (κ3) is 3.07. The van der Waals surface area contributed by atoms with Crippen molar-refractivity contribution < 1.29 is 10.0 Å². The van der Waals surface area contributed by atoms with Crippen molar-refractivity contribution >= 4 is 5.82 Å². The standard InChI is InChI=1S/C12H19N3O3/c1-9-7-14(13-12(9)15(17)18)8-11(16)6-10-4-2-3-5-10/h7,10-11,16H,2-6,8H2,1H3. The maximum absolute atomic E-state index is 10.7. The van der Waals surface area contributed by atoms with Crippen molar-refractivity contribution in [2.45, 2.75) is 51.7 Å². The molecule has 1 saturated carbocycles. The zero-order valence-corrected chi connectivity index (χ0v) is 10.6. The molecule has 100 valence electrons. The molecule has 0 spiro atoms. The number of hydrogen-bond donors (Lipinski definition) is 1. The molecule has 6 heteroatoms. The number of aryl methyl sites for hydroxylation is 1. The van der Waals surface area contributed by atoms with E-state index in [-0.39, 0.29) is 5.82 Å². The minimum absolute atomic E-state index is 0.122. The zero-order chi connectivity index (χ0) is 13.1. The van der Waals surface area contributed by atoms with Gasteiger partial charge in [0.25, 0.3) is 0 Å². The highest BCUT2D eigenvalue weighted by Gasteiger charge is 2.22. The molecule has 0 bridgehead atoms. The van der Waals surface area contributed by atoms with Gasteiger partial charge in [0.2, 0.25) is 0 Å². The normalized spacial score (nSPS) is 18.1. The molecule has 0 radical (unpaired) electrons.